The van der Waals surface area contributed by atoms with Crippen LogP contribution in [0.3, 0.4) is 0 Å². The van der Waals surface area contributed by atoms with Crippen LogP contribution in [0.15, 0.2) is 18.2 Å². The largest absolute Gasteiger partial charge is 0.387 e. The molecule has 112 valence electrons. The number of benzene rings is 1. The summed E-state index contributed by atoms with van der Waals surface area (Å²) in [5.74, 6) is -0.286. The molecule has 0 saturated carbocycles. The van der Waals surface area contributed by atoms with Crippen LogP contribution in [0.5, 0.6) is 0 Å². The molecule has 0 fully saturated rings. The SMILES string of the molecule is CCCC(C)(N)C(=O)NCC(O)c1cc(Cl)cc(Cl)c1. The van der Waals surface area contributed by atoms with E-state index in [2.05, 4.69) is 5.32 Å². The predicted molar refractivity (Wildman–Crippen MR) is 81.9 cm³/mol. The van der Waals surface area contributed by atoms with Crippen LogP contribution >= 0.6 is 23.2 Å². The first-order valence-corrected chi connectivity index (χ1v) is 7.23. The average molecular weight is 319 g/mol. The van der Waals surface area contributed by atoms with Gasteiger partial charge in [-0.25, -0.2) is 0 Å². The Morgan fingerprint density at radius 1 is 1.40 bits per heavy atom. The van der Waals surface area contributed by atoms with Crippen molar-refractivity contribution in [2.75, 3.05) is 6.54 Å². The second-order valence-electron chi connectivity index (χ2n) is 5.10. The molecule has 0 radical (unpaired) electrons. The third-order valence-electron chi connectivity index (χ3n) is 3.01. The molecule has 0 bridgehead atoms. The molecule has 1 aromatic carbocycles. The van der Waals surface area contributed by atoms with Crippen molar-refractivity contribution in [1.29, 1.82) is 0 Å². The van der Waals surface area contributed by atoms with Crippen molar-refractivity contribution in [1.82, 2.24) is 5.32 Å². The van der Waals surface area contributed by atoms with Crippen molar-refractivity contribution in [3.8, 4) is 0 Å². The van der Waals surface area contributed by atoms with E-state index in [1.54, 1.807) is 25.1 Å². The minimum atomic E-state index is -0.930. The predicted octanol–water partition coefficient (Wildman–Crippen LogP) is 2.66. The van der Waals surface area contributed by atoms with Gasteiger partial charge in [-0.05, 0) is 37.1 Å². The molecule has 2 atom stereocenters. The Labute approximate surface area is 129 Å². The number of aliphatic hydroxyl groups is 1. The molecule has 1 amide bonds. The summed E-state index contributed by atoms with van der Waals surface area (Å²) in [5.41, 5.74) is 5.53. The monoisotopic (exact) mass is 318 g/mol. The summed E-state index contributed by atoms with van der Waals surface area (Å²) < 4.78 is 0. The van der Waals surface area contributed by atoms with E-state index >= 15 is 0 Å². The summed E-state index contributed by atoms with van der Waals surface area (Å²) >= 11 is 11.7. The topological polar surface area (TPSA) is 75.4 Å². The van der Waals surface area contributed by atoms with Crippen molar-refractivity contribution in [2.45, 2.75) is 38.3 Å². The lowest BCUT2D eigenvalue weighted by atomic mass is 9.96. The first-order chi connectivity index (χ1) is 9.26. The van der Waals surface area contributed by atoms with E-state index in [1.807, 2.05) is 6.92 Å². The summed E-state index contributed by atoms with van der Waals surface area (Å²) in [5, 5.41) is 13.6. The number of halogens is 2. The first kappa shape index (κ1) is 17.2. The van der Waals surface area contributed by atoms with Crippen LogP contribution in [0.4, 0.5) is 0 Å². The lowest BCUT2D eigenvalue weighted by molar-refractivity contribution is -0.126. The van der Waals surface area contributed by atoms with Crippen LogP contribution in [0.25, 0.3) is 0 Å². The molecule has 0 aromatic heterocycles. The molecule has 2 unspecified atom stereocenters. The fourth-order valence-electron chi connectivity index (χ4n) is 1.91. The average Bonchev–Trinajstić information content (AvgIpc) is 2.34. The van der Waals surface area contributed by atoms with Gasteiger partial charge in [-0.15, -0.1) is 0 Å². The van der Waals surface area contributed by atoms with Gasteiger partial charge in [0.05, 0.1) is 11.6 Å². The minimum Gasteiger partial charge on any atom is -0.387 e. The quantitative estimate of drug-likeness (QED) is 0.754. The summed E-state index contributed by atoms with van der Waals surface area (Å²) in [6.45, 7) is 3.70. The van der Waals surface area contributed by atoms with Gasteiger partial charge < -0.3 is 16.2 Å². The van der Waals surface area contributed by atoms with Crippen LogP contribution in [0.1, 0.15) is 38.4 Å². The van der Waals surface area contributed by atoms with Crippen molar-refractivity contribution in [3.63, 3.8) is 0 Å². The molecule has 4 N–H and O–H groups in total. The zero-order chi connectivity index (χ0) is 15.3. The van der Waals surface area contributed by atoms with E-state index in [0.717, 1.165) is 6.42 Å². The standard InChI is InChI=1S/C14H20Cl2N2O2/c1-3-4-14(2,17)13(20)18-8-12(19)9-5-10(15)7-11(16)6-9/h5-7,12,19H,3-4,8,17H2,1-2H3,(H,18,20). The maximum atomic E-state index is 11.9. The highest BCUT2D eigenvalue weighted by Gasteiger charge is 2.27. The smallest absolute Gasteiger partial charge is 0.239 e. The zero-order valence-corrected chi connectivity index (χ0v) is 13.1. The maximum Gasteiger partial charge on any atom is 0.239 e. The molecule has 6 heteroatoms. The number of hydrogen-bond acceptors (Lipinski definition) is 3. The minimum absolute atomic E-state index is 0.0615. The molecular formula is C14H20Cl2N2O2. The van der Waals surface area contributed by atoms with E-state index in [9.17, 15) is 9.90 Å². The van der Waals surface area contributed by atoms with E-state index < -0.39 is 11.6 Å². The van der Waals surface area contributed by atoms with Crippen LogP contribution in [-0.4, -0.2) is 23.1 Å². The van der Waals surface area contributed by atoms with Gasteiger partial charge >= 0.3 is 0 Å². The summed E-state index contributed by atoms with van der Waals surface area (Å²) in [6.07, 6.45) is 0.512. The maximum absolute atomic E-state index is 11.9. The van der Waals surface area contributed by atoms with Crippen LogP contribution in [-0.2, 0) is 4.79 Å². The number of hydrogen-bond donors (Lipinski definition) is 3. The van der Waals surface area contributed by atoms with Gasteiger partial charge in [0, 0.05) is 16.6 Å². The van der Waals surface area contributed by atoms with Gasteiger partial charge in [0.15, 0.2) is 0 Å². The molecule has 0 aliphatic rings. The Balaban J connectivity index is 2.63. The van der Waals surface area contributed by atoms with E-state index in [4.69, 9.17) is 28.9 Å². The first-order valence-electron chi connectivity index (χ1n) is 6.47. The van der Waals surface area contributed by atoms with Crippen molar-refractivity contribution in [2.24, 2.45) is 5.73 Å². The molecule has 0 aliphatic carbocycles. The van der Waals surface area contributed by atoms with E-state index in [0.29, 0.717) is 22.0 Å². The number of rotatable bonds is 6. The second kappa shape index (κ2) is 7.27. The van der Waals surface area contributed by atoms with E-state index in [1.165, 1.54) is 0 Å². The summed E-state index contributed by atoms with van der Waals surface area (Å²) in [7, 11) is 0. The Bertz CT molecular complexity index is 458. The second-order valence-corrected chi connectivity index (χ2v) is 5.97. The molecular weight excluding hydrogens is 299 g/mol. The van der Waals surface area contributed by atoms with Gasteiger partial charge in [0.2, 0.25) is 5.91 Å². The van der Waals surface area contributed by atoms with Crippen molar-refractivity contribution < 1.29 is 9.90 Å². The molecule has 0 aliphatic heterocycles. The Morgan fingerprint density at radius 3 is 2.45 bits per heavy atom. The third kappa shape index (κ3) is 4.94. The summed E-state index contributed by atoms with van der Waals surface area (Å²) in [6, 6.07) is 4.80. The van der Waals surface area contributed by atoms with Crippen molar-refractivity contribution in [3.05, 3.63) is 33.8 Å². The molecule has 1 rings (SSSR count). The van der Waals surface area contributed by atoms with Gasteiger partial charge in [-0.2, -0.15) is 0 Å². The van der Waals surface area contributed by atoms with Gasteiger partial charge in [0.25, 0.3) is 0 Å². The number of carbonyl (C=O) groups is 1. The van der Waals surface area contributed by atoms with Crippen molar-refractivity contribution >= 4 is 29.1 Å². The lowest BCUT2D eigenvalue weighted by Crippen LogP contribution is -2.52. The number of amides is 1. The van der Waals surface area contributed by atoms with Crippen LogP contribution in [0.2, 0.25) is 10.0 Å². The fourth-order valence-corrected chi connectivity index (χ4v) is 2.45. The lowest BCUT2D eigenvalue weighted by Gasteiger charge is -2.24. The van der Waals surface area contributed by atoms with Crippen LogP contribution < -0.4 is 11.1 Å². The van der Waals surface area contributed by atoms with Crippen LogP contribution in [0, 0.1) is 0 Å². The van der Waals surface area contributed by atoms with Gasteiger partial charge in [-0.3, -0.25) is 4.79 Å². The number of nitrogens with one attached hydrogen (secondary N) is 1. The molecule has 0 saturated heterocycles. The molecule has 4 nitrogen and oxygen atoms in total. The van der Waals surface area contributed by atoms with E-state index in [-0.39, 0.29) is 12.5 Å². The summed E-state index contributed by atoms with van der Waals surface area (Å²) in [4.78, 5) is 11.9. The normalized spacial score (nSPS) is 15.5. The number of carbonyl (C=O) groups excluding carboxylic acids is 1. The Kier molecular flexibility index (Phi) is 6.27. The zero-order valence-electron chi connectivity index (χ0n) is 11.6. The molecule has 0 heterocycles. The number of nitrogens with two attached hydrogens (primary N) is 1. The molecule has 1 aromatic rings. The highest BCUT2D eigenvalue weighted by Crippen LogP contribution is 2.23. The Morgan fingerprint density at radius 2 is 1.95 bits per heavy atom. The highest BCUT2D eigenvalue weighted by atomic mass is 35.5. The van der Waals surface area contributed by atoms with Gasteiger partial charge in [0.1, 0.15) is 0 Å². The Hall–Kier alpha value is -0.810. The number of aliphatic hydroxyl groups excluding tert-OH is 1. The third-order valence-corrected chi connectivity index (χ3v) is 3.45. The molecule has 0 spiro atoms. The fraction of sp³-hybridized carbons (Fsp3) is 0.500. The van der Waals surface area contributed by atoms with Gasteiger partial charge in [-0.1, -0.05) is 36.5 Å². The highest BCUT2D eigenvalue weighted by molar-refractivity contribution is 6.34. The molecule has 20 heavy (non-hydrogen) atoms.